The molecule has 0 bridgehead atoms. The van der Waals surface area contributed by atoms with Crippen LogP contribution in [0, 0.1) is 11.6 Å². The Labute approximate surface area is 150 Å². The normalized spacial score (nSPS) is 15.2. The predicted octanol–water partition coefficient (Wildman–Crippen LogP) is 1.96. The quantitative estimate of drug-likeness (QED) is 0.868. The fourth-order valence-electron chi connectivity index (χ4n) is 2.96. The number of halogens is 3. The lowest BCUT2D eigenvalue weighted by Crippen LogP contribution is -3.15. The Balaban J connectivity index is 1.53. The molecule has 1 amide bonds. The summed E-state index contributed by atoms with van der Waals surface area (Å²) in [4.78, 5) is 15.4. The topological polar surface area (TPSA) is 36.8 Å². The molecule has 0 spiro atoms. The third kappa shape index (κ3) is 4.46. The maximum absolute atomic E-state index is 13.6. The van der Waals surface area contributed by atoms with E-state index in [-0.39, 0.29) is 18.1 Å². The van der Waals surface area contributed by atoms with Gasteiger partial charge in [-0.15, -0.1) is 0 Å². The minimum atomic E-state index is -0.645. The maximum Gasteiger partial charge on any atom is 0.279 e. The second kappa shape index (κ2) is 7.80. The molecule has 0 atom stereocenters. The number of carbonyl (C=O) groups is 1. The lowest BCUT2D eigenvalue weighted by atomic mass is 10.2. The smallest absolute Gasteiger partial charge is 0.279 e. The summed E-state index contributed by atoms with van der Waals surface area (Å²) < 4.78 is 26.7. The molecule has 3 rings (SSSR count). The molecule has 2 aromatic carbocycles. The first kappa shape index (κ1) is 17.6. The van der Waals surface area contributed by atoms with Crippen molar-refractivity contribution in [2.45, 2.75) is 0 Å². The molecular formula is C18H19ClF2N3O+. The zero-order valence-electron chi connectivity index (χ0n) is 13.6. The van der Waals surface area contributed by atoms with Crippen LogP contribution in [-0.4, -0.2) is 38.6 Å². The van der Waals surface area contributed by atoms with Crippen molar-refractivity contribution in [1.29, 1.82) is 0 Å². The van der Waals surface area contributed by atoms with Crippen LogP contribution in [0.15, 0.2) is 42.5 Å². The summed E-state index contributed by atoms with van der Waals surface area (Å²) in [6.45, 7) is 3.31. The van der Waals surface area contributed by atoms with Gasteiger partial charge in [0, 0.05) is 6.07 Å². The number of nitrogens with zero attached hydrogens (tertiary/aromatic N) is 1. The monoisotopic (exact) mass is 366 g/mol. The van der Waals surface area contributed by atoms with Gasteiger partial charge in [-0.3, -0.25) is 4.79 Å². The highest BCUT2D eigenvalue weighted by Crippen LogP contribution is 2.24. The van der Waals surface area contributed by atoms with Crippen LogP contribution in [0.2, 0.25) is 5.02 Å². The molecular weight excluding hydrogens is 348 g/mol. The van der Waals surface area contributed by atoms with Gasteiger partial charge in [0.1, 0.15) is 11.6 Å². The lowest BCUT2D eigenvalue weighted by molar-refractivity contribution is -0.892. The Bertz CT molecular complexity index is 764. The Kier molecular flexibility index (Phi) is 5.50. The van der Waals surface area contributed by atoms with E-state index in [1.54, 1.807) is 0 Å². The zero-order valence-corrected chi connectivity index (χ0v) is 14.3. The number of amides is 1. The molecule has 1 saturated heterocycles. The van der Waals surface area contributed by atoms with Crippen molar-refractivity contribution in [1.82, 2.24) is 0 Å². The van der Waals surface area contributed by atoms with E-state index in [1.807, 2.05) is 24.3 Å². The van der Waals surface area contributed by atoms with Crippen LogP contribution in [0.25, 0.3) is 0 Å². The molecule has 132 valence electrons. The summed E-state index contributed by atoms with van der Waals surface area (Å²) in [5.74, 6) is -1.56. The Morgan fingerprint density at radius 3 is 2.60 bits per heavy atom. The molecule has 1 fully saturated rings. The maximum atomic E-state index is 13.6. The van der Waals surface area contributed by atoms with Gasteiger partial charge in [-0.05, 0) is 24.3 Å². The fraction of sp³-hybridized carbons (Fsp3) is 0.278. The SMILES string of the molecule is O=C(C[NH+]1CCN(c2ccccc2Cl)CC1)Nc1cc(F)ccc1F. The number of nitrogens with one attached hydrogen (secondary N) is 2. The van der Waals surface area contributed by atoms with Gasteiger partial charge < -0.3 is 15.1 Å². The Hall–Kier alpha value is -2.18. The minimum absolute atomic E-state index is 0.126. The molecule has 1 aliphatic heterocycles. The molecule has 0 radical (unpaired) electrons. The summed E-state index contributed by atoms with van der Waals surface area (Å²) in [7, 11) is 0. The van der Waals surface area contributed by atoms with E-state index in [9.17, 15) is 13.6 Å². The number of benzene rings is 2. The van der Waals surface area contributed by atoms with E-state index in [0.717, 1.165) is 55.0 Å². The number of anilines is 2. The molecule has 1 heterocycles. The average molecular weight is 367 g/mol. The van der Waals surface area contributed by atoms with Gasteiger partial charge in [0.05, 0.1) is 42.6 Å². The second-order valence-electron chi connectivity index (χ2n) is 6.04. The van der Waals surface area contributed by atoms with E-state index in [2.05, 4.69) is 10.2 Å². The van der Waals surface area contributed by atoms with Gasteiger partial charge >= 0.3 is 0 Å². The first-order valence-electron chi connectivity index (χ1n) is 8.11. The van der Waals surface area contributed by atoms with Gasteiger partial charge in [-0.1, -0.05) is 23.7 Å². The van der Waals surface area contributed by atoms with E-state index >= 15 is 0 Å². The van der Waals surface area contributed by atoms with Gasteiger partial charge in [0.15, 0.2) is 6.54 Å². The Morgan fingerprint density at radius 1 is 1.16 bits per heavy atom. The van der Waals surface area contributed by atoms with Crippen molar-refractivity contribution < 1.29 is 18.5 Å². The zero-order chi connectivity index (χ0) is 17.8. The number of hydrogen-bond donors (Lipinski definition) is 2. The number of rotatable bonds is 4. The summed E-state index contributed by atoms with van der Waals surface area (Å²) >= 11 is 6.22. The molecule has 0 saturated carbocycles. The standard InChI is InChI=1S/C18H18ClF2N3O/c19-14-3-1-2-4-17(14)24-9-7-23(8-10-24)12-18(25)22-16-11-13(20)5-6-15(16)21/h1-6,11H,7-10,12H2,(H,22,25)/p+1. The van der Waals surface area contributed by atoms with Crippen LogP contribution in [0.5, 0.6) is 0 Å². The molecule has 4 nitrogen and oxygen atoms in total. The van der Waals surface area contributed by atoms with Crippen LogP contribution >= 0.6 is 11.6 Å². The molecule has 2 aromatic rings. The first-order valence-corrected chi connectivity index (χ1v) is 8.48. The first-order chi connectivity index (χ1) is 12.0. The number of hydrogen-bond acceptors (Lipinski definition) is 2. The third-order valence-corrected chi connectivity index (χ3v) is 4.60. The number of carbonyl (C=O) groups excluding carboxylic acids is 1. The van der Waals surface area contributed by atoms with Crippen molar-refractivity contribution in [2.24, 2.45) is 0 Å². The molecule has 25 heavy (non-hydrogen) atoms. The number of quaternary nitrogens is 1. The second-order valence-corrected chi connectivity index (χ2v) is 6.44. The summed E-state index contributed by atoms with van der Waals surface area (Å²) in [5.41, 5.74) is 0.869. The van der Waals surface area contributed by atoms with E-state index in [1.165, 1.54) is 0 Å². The predicted molar refractivity (Wildman–Crippen MR) is 94.2 cm³/mol. The highest BCUT2D eigenvalue weighted by molar-refractivity contribution is 6.33. The highest BCUT2D eigenvalue weighted by atomic mass is 35.5. The van der Waals surface area contributed by atoms with Crippen LogP contribution < -0.4 is 15.1 Å². The van der Waals surface area contributed by atoms with Crippen LogP contribution in [-0.2, 0) is 4.79 Å². The molecule has 0 aromatic heterocycles. The van der Waals surface area contributed by atoms with Gasteiger partial charge in [-0.2, -0.15) is 0 Å². The molecule has 2 N–H and O–H groups in total. The van der Waals surface area contributed by atoms with Crippen molar-refractivity contribution in [3.8, 4) is 0 Å². The van der Waals surface area contributed by atoms with E-state index in [0.29, 0.717) is 5.02 Å². The minimum Gasteiger partial charge on any atom is -0.359 e. The van der Waals surface area contributed by atoms with Crippen LogP contribution in [0.4, 0.5) is 20.2 Å². The Morgan fingerprint density at radius 2 is 1.88 bits per heavy atom. The average Bonchev–Trinajstić information content (AvgIpc) is 2.59. The molecule has 1 aliphatic rings. The third-order valence-electron chi connectivity index (χ3n) is 4.28. The van der Waals surface area contributed by atoms with Gasteiger partial charge in [0.2, 0.25) is 0 Å². The van der Waals surface area contributed by atoms with Crippen molar-refractivity contribution in [3.05, 3.63) is 59.1 Å². The van der Waals surface area contributed by atoms with Crippen molar-refractivity contribution in [3.63, 3.8) is 0 Å². The van der Waals surface area contributed by atoms with Gasteiger partial charge in [0.25, 0.3) is 5.91 Å². The fourth-order valence-corrected chi connectivity index (χ4v) is 3.22. The molecule has 0 unspecified atom stereocenters. The summed E-state index contributed by atoms with van der Waals surface area (Å²) in [6.07, 6.45) is 0. The van der Waals surface area contributed by atoms with E-state index in [4.69, 9.17) is 11.6 Å². The van der Waals surface area contributed by atoms with Gasteiger partial charge in [-0.25, -0.2) is 8.78 Å². The van der Waals surface area contributed by atoms with Crippen LogP contribution in [0.3, 0.4) is 0 Å². The lowest BCUT2D eigenvalue weighted by Gasteiger charge is -2.33. The highest BCUT2D eigenvalue weighted by Gasteiger charge is 2.23. The summed E-state index contributed by atoms with van der Waals surface area (Å²) in [6, 6.07) is 10.7. The van der Waals surface area contributed by atoms with Crippen molar-refractivity contribution >= 4 is 28.9 Å². The molecule has 0 aliphatic carbocycles. The van der Waals surface area contributed by atoms with Crippen molar-refractivity contribution in [2.75, 3.05) is 42.9 Å². The largest absolute Gasteiger partial charge is 0.359 e. The number of piperazine rings is 1. The van der Waals surface area contributed by atoms with Crippen LogP contribution in [0.1, 0.15) is 0 Å². The van der Waals surface area contributed by atoms with E-state index < -0.39 is 11.6 Å². The number of para-hydroxylation sites is 1. The molecule has 7 heteroatoms. The summed E-state index contributed by atoms with van der Waals surface area (Å²) in [5, 5.41) is 3.15.